The Morgan fingerprint density at radius 3 is 2.50 bits per heavy atom. The van der Waals surface area contributed by atoms with Crippen LogP contribution in [0.1, 0.15) is 26.3 Å². The molecule has 0 heterocycles. The number of hydrogen-bond acceptors (Lipinski definition) is 4. The average molecular weight is 219 g/mol. The van der Waals surface area contributed by atoms with E-state index in [1.54, 1.807) is 6.07 Å². The maximum atomic E-state index is 10.6. The second kappa shape index (κ2) is 4.19. The molecule has 16 heavy (non-hydrogen) atoms. The van der Waals surface area contributed by atoms with Crippen LogP contribution in [0.25, 0.3) is 0 Å². The molecule has 1 aromatic carbocycles. The number of nitro benzene ring substituents is 1. The van der Waals surface area contributed by atoms with Crippen molar-refractivity contribution in [3.05, 3.63) is 33.9 Å². The van der Waals surface area contributed by atoms with Gasteiger partial charge in [0.15, 0.2) is 0 Å². The SMILES string of the molecule is CC(C)(C)Nc1ccc([N+](=O)[O-])c(C#N)c1. The molecule has 0 aliphatic heterocycles. The Morgan fingerprint density at radius 2 is 2.06 bits per heavy atom. The van der Waals surface area contributed by atoms with Gasteiger partial charge in [-0.25, -0.2) is 0 Å². The predicted molar refractivity (Wildman–Crippen MR) is 61.2 cm³/mol. The molecule has 1 rings (SSSR count). The number of nitriles is 1. The molecule has 0 aliphatic carbocycles. The van der Waals surface area contributed by atoms with Crippen LogP contribution in [0, 0.1) is 21.4 Å². The summed E-state index contributed by atoms with van der Waals surface area (Å²) in [5.41, 5.74) is 0.457. The molecule has 1 aromatic rings. The second-order valence-corrected chi connectivity index (χ2v) is 4.48. The fourth-order valence-electron chi connectivity index (χ4n) is 1.30. The van der Waals surface area contributed by atoms with Crippen LogP contribution >= 0.6 is 0 Å². The molecule has 1 N–H and O–H groups in total. The van der Waals surface area contributed by atoms with Crippen LogP contribution in [-0.2, 0) is 0 Å². The van der Waals surface area contributed by atoms with Crippen molar-refractivity contribution in [3.8, 4) is 6.07 Å². The molecule has 0 aliphatic rings. The molecule has 5 heteroatoms. The first kappa shape index (κ1) is 12.0. The van der Waals surface area contributed by atoms with Crippen molar-refractivity contribution >= 4 is 11.4 Å². The van der Waals surface area contributed by atoms with Gasteiger partial charge in [-0.1, -0.05) is 0 Å². The van der Waals surface area contributed by atoms with E-state index >= 15 is 0 Å². The minimum Gasteiger partial charge on any atom is -0.380 e. The number of nitrogens with zero attached hydrogens (tertiary/aromatic N) is 2. The van der Waals surface area contributed by atoms with Gasteiger partial charge in [0.05, 0.1) is 4.92 Å². The van der Waals surface area contributed by atoms with Crippen LogP contribution < -0.4 is 5.32 Å². The summed E-state index contributed by atoms with van der Waals surface area (Å²) >= 11 is 0. The van der Waals surface area contributed by atoms with E-state index in [1.807, 2.05) is 26.8 Å². The zero-order chi connectivity index (χ0) is 12.3. The van der Waals surface area contributed by atoms with Crippen molar-refractivity contribution < 1.29 is 4.92 Å². The highest BCUT2D eigenvalue weighted by molar-refractivity contribution is 5.59. The largest absolute Gasteiger partial charge is 0.380 e. The standard InChI is InChI=1S/C11H13N3O2/c1-11(2,3)13-9-4-5-10(14(15)16)8(6-9)7-12/h4-6,13H,1-3H3. The van der Waals surface area contributed by atoms with Crippen LogP contribution in [0.5, 0.6) is 0 Å². The van der Waals surface area contributed by atoms with Crippen molar-refractivity contribution in [1.29, 1.82) is 5.26 Å². The molecule has 0 fully saturated rings. The van der Waals surface area contributed by atoms with Gasteiger partial charge in [-0.2, -0.15) is 5.26 Å². The van der Waals surface area contributed by atoms with Gasteiger partial charge in [0.1, 0.15) is 11.6 Å². The van der Waals surface area contributed by atoms with Crippen molar-refractivity contribution in [3.63, 3.8) is 0 Å². The van der Waals surface area contributed by atoms with E-state index in [0.717, 1.165) is 0 Å². The summed E-state index contributed by atoms with van der Waals surface area (Å²) in [7, 11) is 0. The van der Waals surface area contributed by atoms with E-state index in [-0.39, 0.29) is 16.8 Å². The number of rotatable bonds is 2. The summed E-state index contributed by atoms with van der Waals surface area (Å²) in [5.74, 6) is 0. The van der Waals surface area contributed by atoms with Gasteiger partial charge in [-0.05, 0) is 32.9 Å². The summed E-state index contributed by atoms with van der Waals surface area (Å²) in [6.07, 6.45) is 0. The minimum atomic E-state index is -0.556. The molecule has 0 saturated carbocycles. The fourth-order valence-corrected chi connectivity index (χ4v) is 1.30. The van der Waals surface area contributed by atoms with Crippen LogP contribution in [0.2, 0.25) is 0 Å². The Morgan fingerprint density at radius 1 is 1.44 bits per heavy atom. The van der Waals surface area contributed by atoms with Crippen molar-refractivity contribution in [2.45, 2.75) is 26.3 Å². The van der Waals surface area contributed by atoms with Crippen LogP contribution in [0.15, 0.2) is 18.2 Å². The quantitative estimate of drug-likeness (QED) is 0.612. The highest BCUT2D eigenvalue weighted by Crippen LogP contribution is 2.23. The molecule has 0 bridgehead atoms. The van der Waals surface area contributed by atoms with Gasteiger partial charge in [-0.15, -0.1) is 0 Å². The Hall–Kier alpha value is -2.09. The molecule has 0 radical (unpaired) electrons. The van der Waals surface area contributed by atoms with E-state index < -0.39 is 4.92 Å². The first-order valence-electron chi connectivity index (χ1n) is 4.80. The summed E-state index contributed by atoms with van der Waals surface area (Å²) in [6, 6.07) is 6.25. The molecular weight excluding hydrogens is 206 g/mol. The number of hydrogen-bond donors (Lipinski definition) is 1. The zero-order valence-electron chi connectivity index (χ0n) is 9.44. The van der Waals surface area contributed by atoms with Crippen LogP contribution in [0.4, 0.5) is 11.4 Å². The summed E-state index contributed by atoms with van der Waals surface area (Å²) in [6.45, 7) is 5.92. The molecule has 0 amide bonds. The Bertz CT molecular complexity index is 455. The number of nitro groups is 1. The van der Waals surface area contributed by atoms with E-state index in [4.69, 9.17) is 5.26 Å². The number of nitrogens with one attached hydrogen (secondary N) is 1. The van der Waals surface area contributed by atoms with Gasteiger partial charge in [0, 0.05) is 17.3 Å². The third-order valence-electron chi connectivity index (χ3n) is 1.83. The minimum absolute atomic E-state index is 0.0688. The van der Waals surface area contributed by atoms with Gasteiger partial charge in [0.2, 0.25) is 0 Å². The Labute approximate surface area is 93.9 Å². The molecule has 0 saturated heterocycles. The van der Waals surface area contributed by atoms with Crippen LogP contribution in [-0.4, -0.2) is 10.5 Å². The van der Waals surface area contributed by atoms with Gasteiger partial charge in [-0.3, -0.25) is 10.1 Å². The van der Waals surface area contributed by atoms with E-state index in [9.17, 15) is 10.1 Å². The summed E-state index contributed by atoms with van der Waals surface area (Å²) in [4.78, 5) is 10.1. The zero-order valence-corrected chi connectivity index (χ0v) is 9.44. The highest BCUT2D eigenvalue weighted by atomic mass is 16.6. The van der Waals surface area contributed by atoms with Crippen molar-refractivity contribution in [2.75, 3.05) is 5.32 Å². The van der Waals surface area contributed by atoms with E-state index in [2.05, 4.69) is 5.32 Å². The number of anilines is 1. The molecule has 0 atom stereocenters. The van der Waals surface area contributed by atoms with Gasteiger partial charge < -0.3 is 5.32 Å². The Kier molecular flexibility index (Phi) is 3.14. The molecule has 84 valence electrons. The summed E-state index contributed by atoms with van der Waals surface area (Å²) in [5, 5.41) is 22.6. The predicted octanol–water partition coefficient (Wildman–Crippen LogP) is 2.68. The lowest BCUT2D eigenvalue weighted by Crippen LogP contribution is -2.26. The van der Waals surface area contributed by atoms with E-state index in [0.29, 0.717) is 5.69 Å². The van der Waals surface area contributed by atoms with Crippen LogP contribution in [0.3, 0.4) is 0 Å². The third-order valence-corrected chi connectivity index (χ3v) is 1.83. The maximum Gasteiger partial charge on any atom is 0.287 e. The monoisotopic (exact) mass is 219 g/mol. The maximum absolute atomic E-state index is 10.6. The molecular formula is C11H13N3O2. The number of benzene rings is 1. The van der Waals surface area contributed by atoms with E-state index in [1.165, 1.54) is 12.1 Å². The normalized spacial score (nSPS) is 10.6. The van der Waals surface area contributed by atoms with Gasteiger partial charge in [0.25, 0.3) is 5.69 Å². The first-order valence-corrected chi connectivity index (χ1v) is 4.80. The molecule has 5 nitrogen and oxygen atoms in total. The lowest BCUT2D eigenvalue weighted by molar-refractivity contribution is -0.385. The lowest BCUT2D eigenvalue weighted by atomic mass is 10.1. The van der Waals surface area contributed by atoms with Crippen molar-refractivity contribution in [2.24, 2.45) is 0 Å². The lowest BCUT2D eigenvalue weighted by Gasteiger charge is -2.22. The topological polar surface area (TPSA) is 79.0 Å². The third kappa shape index (κ3) is 2.95. The first-order chi connectivity index (χ1) is 7.33. The second-order valence-electron chi connectivity index (χ2n) is 4.48. The molecule has 0 aromatic heterocycles. The summed E-state index contributed by atoms with van der Waals surface area (Å²) < 4.78 is 0. The smallest absolute Gasteiger partial charge is 0.287 e. The van der Waals surface area contributed by atoms with Crippen molar-refractivity contribution in [1.82, 2.24) is 0 Å². The highest BCUT2D eigenvalue weighted by Gasteiger charge is 2.16. The Balaban J connectivity index is 3.11. The molecule has 0 spiro atoms. The van der Waals surface area contributed by atoms with Gasteiger partial charge >= 0.3 is 0 Å². The fraction of sp³-hybridized carbons (Fsp3) is 0.364. The molecule has 0 unspecified atom stereocenters. The average Bonchev–Trinajstić information content (AvgIpc) is 2.14.